The standard InChI is InChI=1S/C16H21N3OS/c1-13-9-17-18(10-13)11-15-3-2-7-19(15)16(20)5-4-14-6-8-21-12-14/h6,8-10,12,15H,2-5,7,11H2,1H3. The molecule has 2 aromatic heterocycles. The van der Waals surface area contributed by atoms with Gasteiger partial charge >= 0.3 is 0 Å². The molecule has 1 atom stereocenters. The van der Waals surface area contributed by atoms with Gasteiger partial charge in [-0.1, -0.05) is 0 Å². The van der Waals surface area contributed by atoms with Gasteiger partial charge in [0.15, 0.2) is 0 Å². The van der Waals surface area contributed by atoms with E-state index in [9.17, 15) is 4.79 Å². The number of aromatic nitrogens is 2. The highest BCUT2D eigenvalue weighted by Gasteiger charge is 2.28. The first kappa shape index (κ1) is 14.3. The Kier molecular flexibility index (Phi) is 4.39. The van der Waals surface area contributed by atoms with Crippen molar-refractivity contribution in [3.63, 3.8) is 0 Å². The van der Waals surface area contributed by atoms with Crippen LogP contribution >= 0.6 is 11.3 Å². The molecule has 1 amide bonds. The first-order valence-corrected chi connectivity index (χ1v) is 8.46. The summed E-state index contributed by atoms with van der Waals surface area (Å²) in [5, 5.41) is 8.53. The van der Waals surface area contributed by atoms with Gasteiger partial charge in [-0.15, -0.1) is 0 Å². The van der Waals surface area contributed by atoms with Crippen LogP contribution in [0.5, 0.6) is 0 Å². The zero-order chi connectivity index (χ0) is 14.7. The van der Waals surface area contributed by atoms with Crippen molar-refractivity contribution in [2.45, 2.75) is 45.2 Å². The van der Waals surface area contributed by atoms with Gasteiger partial charge in [0.25, 0.3) is 0 Å². The molecule has 0 aliphatic carbocycles. The van der Waals surface area contributed by atoms with Crippen molar-refractivity contribution in [2.24, 2.45) is 0 Å². The van der Waals surface area contributed by atoms with E-state index in [0.29, 0.717) is 12.5 Å². The van der Waals surface area contributed by atoms with Crippen molar-refractivity contribution in [1.29, 1.82) is 0 Å². The number of hydrogen-bond acceptors (Lipinski definition) is 3. The van der Waals surface area contributed by atoms with Crippen LogP contribution in [0.25, 0.3) is 0 Å². The molecule has 21 heavy (non-hydrogen) atoms. The molecular formula is C16H21N3OS. The molecule has 3 heterocycles. The molecule has 1 aliphatic rings. The average Bonchev–Trinajstić information content (AvgIpc) is 3.19. The Balaban J connectivity index is 1.56. The van der Waals surface area contributed by atoms with Gasteiger partial charge in [-0.3, -0.25) is 9.48 Å². The van der Waals surface area contributed by atoms with Crippen LogP contribution in [0, 0.1) is 6.92 Å². The largest absolute Gasteiger partial charge is 0.338 e. The van der Waals surface area contributed by atoms with E-state index in [2.05, 4.69) is 26.8 Å². The van der Waals surface area contributed by atoms with Crippen molar-refractivity contribution in [1.82, 2.24) is 14.7 Å². The monoisotopic (exact) mass is 303 g/mol. The lowest BCUT2D eigenvalue weighted by atomic mass is 10.1. The summed E-state index contributed by atoms with van der Waals surface area (Å²) in [5.41, 5.74) is 2.44. The SMILES string of the molecule is Cc1cnn(CC2CCCN2C(=O)CCc2ccsc2)c1. The Morgan fingerprint density at radius 1 is 1.52 bits per heavy atom. The highest BCUT2D eigenvalue weighted by atomic mass is 32.1. The smallest absolute Gasteiger partial charge is 0.223 e. The molecule has 0 bridgehead atoms. The molecule has 4 nitrogen and oxygen atoms in total. The maximum Gasteiger partial charge on any atom is 0.223 e. The second-order valence-corrected chi connectivity index (χ2v) is 6.53. The second-order valence-electron chi connectivity index (χ2n) is 5.75. The van der Waals surface area contributed by atoms with Crippen molar-refractivity contribution < 1.29 is 4.79 Å². The van der Waals surface area contributed by atoms with E-state index in [1.807, 2.05) is 24.0 Å². The zero-order valence-corrected chi connectivity index (χ0v) is 13.2. The van der Waals surface area contributed by atoms with Crippen LogP contribution in [0.2, 0.25) is 0 Å². The van der Waals surface area contributed by atoms with E-state index in [4.69, 9.17) is 0 Å². The van der Waals surface area contributed by atoms with Crippen molar-refractivity contribution in [3.8, 4) is 0 Å². The molecule has 1 saturated heterocycles. The van der Waals surface area contributed by atoms with E-state index in [0.717, 1.165) is 32.4 Å². The third kappa shape index (κ3) is 3.53. The summed E-state index contributed by atoms with van der Waals surface area (Å²) >= 11 is 1.69. The maximum atomic E-state index is 12.4. The average molecular weight is 303 g/mol. The highest BCUT2D eigenvalue weighted by Crippen LogP contribution is 2.21. The highest BCUT2D eigenvalue weighted by molar-refractivity contribution is 7.07. The van der Waals surface area contributed by atoms with Crippen LogP contribution in [-0.4, -0.2) is 33.2 Å². The molecule has 5 heteroatoms. The number of carbonyl (C=O) groups excluding carboxylic acids is 1. The lowest BCUT2D eigenvalue weighted by molar-refractivity contribution is -0.132. The Hall–Kier alpha value is -1.62. The van der Waals surface area contributed by atoms with E-state index < -0.39 is 0 Å². The molecule has 112 valence electrons. The van der Waals surface area contributed by atoms with Crippen molar-refractivity contribution >= 4 is 17.2 Å². The van der Waals surface area contributed by atoms with Gasteiger partial charge in [0.1, 0.15) is 0 Å². The first-order chi connectivity index (χ1) is 10.2. The molecule has 1 fully saturated rings. The normalized spacial score (nSPS) is 18.3. The number of rotatable bonds is 5. The van der Waals surface area contributed by atoms with Crippen molar-refractivity contribution in [3.05, 3.63) is 40.3 Å². The number of likely N-dealkylation sites (tertiary alicyclic amines) is 1. The van der Waals surface area contributed by atoms with Gasteiger partial charge in [-0.25, -0.2) is 0 Å². The minimum Gasteiger partial charge on any atom is -0.338 e. The Morgan fingerprint density at radius 2 is 2.43 bits per heavy atom. The van der Waals surface area contributed by atoms with Crippen LogP contribution < -0.4 is 0 Å². The van der Waals surface area contributed by atoms with Crippen LogP contribution in [0.1, 0.15) is 30.4 Å². The topological polar surface area (TPSA) is 38.1 Å². The van der Waals surface area contributed by atoms with E-state index >= 15 is 0 Å². The first-order valence-electron chi connectivity index (χ1n) is 7.52. The molecule has 1 unspecified atom stereocenters. The predicted octanol–water partition coefficient (Wildman–Crippen LogP) is 2.88. The molecule has 0 radical (unpaired) electrons. The molecule has 0 aromatic carbocycles. The fourth-order valence-corrected chi connectivity index (χ4v) is 3.67. The third-order valence-corrected chi connectivity index (χ3v) is 4.80. The summed E-state index contributed by atoms with van der Waals surface area (Å²) < 4.78 is 1.96. The number of hydrogen-bond donors (Lipinski definition) is 0. The number of carbonyl (C=O) groups is 1. The van der Waals surface area contributed by atoms with Crippen LogP contribution in [0.4, 0.5) is 0 Å². The number of amides is 1. The van der Waals surface area contributed by atoms with E-state index in [-0.39, 0.29) is 5.91 Å². The summed E-state index contributed by atoms with van der Waals surface area (Å²) in [4.78, 5) is 14.5. The Morgan fingerprint density at radius 3 is 3.14 bits per heavy atom. The molecular weight excluding hydrogens is 282 g/mol. The third-order valence-electron chi connectivity index (χ3n) is 4.07. The summed E-state index contributed by atoms with van der Waals surface area (Å²) in [6.07, 6.45) is 7.58. The number of thiophene rings is 1. The van der Waals surface area contributed by atoms with Crippen LogP contribution in [-0.2, 0) is 17.8 Å². The summed E-state index contributed by atoms with van der Waals surface area (Å²) in [6, 6.07) is 2.41. The molecule has 0 spiro atoms. The number of aryl methyl sites for hydroxylation is 2. The second kappa shape index (κ2) is 6.43. The van der Waals surface area contributed by atoms with Gasteiger partial charge in [0.05, 0.1) is 18.8 Å². The summed E-state index contributed by atoms with van der Waals surface area (Å²) in [6.45, 7) is 3.76. The quantitative estimate of drug-likeness (QED) is 0.852. The number of nitrogens with zero attached hydrogens (tertiary/aromatic N) is 3. The van der Waals surface area contributed by atoms with E-state index in [1.165, 1.54) is 11.1 Å². The fourth-order valence-electron chi connectivity index (χ4n) is 2.97. The predicted molar refractivity (Wildman–Crippen MR) is 84.3 cm³/mol. The molecule has 1 aliphatic heterocycles. The zero-order valence-electron chi connectivity index (χ0n) is 12.4. The lowest BCUT2D eigenvalue weighted by Crippen LogP contribution is -2.38. The van der Waals surface area contributed by atoms with Crippen molar-refractivity contribution in [2.75, 3.05) is 6.54 Å². The van der Waals surface area contributed by atoms with Crippen LogP contribution in [0.3, 0.4) is 0 Å². The summed E-state index contributed by atoms with van der Waals surface area (Å²) in [5.74, 6) is 0.285. The van der Waals surface area contributed by atoms with E-state index in [1.54, 1.807) is 11.3 Å². The fraction of sp³-hybridized carbons (Fsp3) is 0.500. The molecule has 2 aromatic rings. The van der Waals surface area contributed by atoms with Gasteiger partial charge in [0.2, 0.25) is 5.91 Å². The minimum atomic E-state index is 0.285. The molecule has 0 N–H and O–H groups in total. The Labute approximate surface area is 129 Å². The van der Waals surface area contributed by atoms with Gasteiger partial charge in [0, 0.05) is 19.2 Å². The Bertz CT molecular complexity index is 590. The van der Waals surface area contributed by atoms with Crippen LogP contribution in [0.15, 0.2) is 29.2 Å². The van der Waals surface area contributed by atoms with Gasteiger partial charge < -0.3 is 4.90 Å². The maximum absolute atomic E-state index is 12.4. The minimum absolute atomic E-state index is 0.285. The molecule has 3 rings (SSSR count). The summed E-state index contributed by atoms with van der Waals surface area (Å²) in [7, 11) is 0. The van der Waals surface area contributed by atoms with Gasteiger partial charge in [-0.2, -0.15) is 16.4 Å². The lowest BCUT2D eigenvalue weighted by Gasteiger charge is -2.24. The molecule has 0 saturated carbocycles. The van der Waals surface area contributed by atoms with Gasteiger partial charge in [-0.05, 0) is 54.1 Å².